The summed E-state index contributed by atoms with van der Waals surface area (Å²) >= 11 is 6.84. The predicted molar refractivity (Wildman–Crippen MR) is 58.3 cm³/mol. The van der Waals surface area contributed by atoms with Gasteiger partial charge in [0, 0.05) is 21.8 Å². The summed E-state index contributed by atoms with van der Waals surface area (Å²) in [5.74, 6) is 0. The van der Waals surface area contributed by atoms with Gasteiger partial charge in [0.2, 0.25) is 0 Å². The van der Waals surface area contributed by atoms with E-state index in [1.807, 2.05) is 12.3 Å². The first-order valence-electron chi connectivity index (χ1n) is 3.73. The molecule has 0 unspecified atom stereocenters. The molecule has 1 heterocycles. The summed E-state index contributed by atoms with van der Waals surface area (Å²) < 4.78 is 2.05. The van der Waals surface area contributed by atoms with Gasteiger partial charge in [-0.05, 0) is 37.9 Å². The Hall–Kier alpha value is 0.110. The van der Waals surface area contributed by atoms with E-state index < -0.39 is 0 Å². The van der Waals surface area contributed by atoms with E-state index in [0.717, 1.165) is 14.6 Å². The molecule has 0 spiro atoms. The Labute approximate surface area is 89.8 Å². The van der Waals surface area contributed by atoms with E-state index in [0.29, 0.717) is 0 Å². The largest absolute Gasteiger partial charge is 0.259 e. The Morgan fingerprint density at radius 1 is 1.17 bits per heavy atom. The summed E-state index contributed by atoms with van der Waals surface area (Å²) in [6.45, 7) is 6.45. The number of nitrogens with zero attached hydrogens (tertiary/aromatic N) is 1. The second-order valence-corrected chi connectivity index (χ2v) is 5.44. The van der Waals surface area contributed by atoms with Crippen molar-refractivity contribution in [1.29, 1.82) is 0 Å². The molecule has 12 heavy (non-hydrogen) atoms. The van der Waals surface area contributed by atoms with Crippen LogP contribution in [0.15, 0.2) is 21.2 Å². The van der Waals surface area contributed by atoms with Crippen LogP contribution in [0.5, 0.6) is 0 Å². The van der Waals surface area contributed by atoms with Gasteiger partial charge >= 0.3 is 0 Å². The topological polar surface area (TPSA) is 12.9 Å². The van der Waals surface area contributed by atoms with Crippen molar-refractivity contribution in [2.75, 3.05) is 0 Å². The highest BCUT2D eigenvalue weighted by molar-refractivity contribution is 9.13. The average Bonchev–Trinajstić information content (AvgIpc) is 1.92. The molecule has 0 aliphatic rings. The van der Waals surface area contributed by atoms with Crippen LogP contribution in [0.4, 0.5) is 0 Å². The molecule has 0 saturated carbocycles. The number of pyridine rings is 1. The van der Waals surface area contributed by atoms with Crippen LogP contribution in [0, 0.1) is 0 Å². The number of hydrogen-bond acceptors (Lipinski definition) is 1. The minimum atomic E-state index is 0.114. The van der Waals surface area contributed by atoms with Crippen molar-refractivity contribution in [3.63, 3.8) is 0 Å². The number of halogens is 2. The van der Waals surface area contributed by atoms with E-state index in [1.165, 1.54) is 0 Å². The van der Waals surface area contributed by atoms with Crippen LogP contribution in [0.25, 0.3) is 0 Å². The quantitative estimate of drug-likeness (QED) is 0.707. The second kappa shape index (κ2) is 3.46. The lowest BCUT2D eigenvalue weighted by Crippen LogP contribution is -2.13. The monoisotopic (exact) mass is 291 g/mol. The predicted octanol–water partition coefficient (Wildman–Crippen LogP) is 3.90. The number of rotatable bonds is 0. The van der Waals surface area contributed by atoms with Gasteiger partial charge in [-0.25, -0.2) is 0 Å². The molecule has 0 N–H and O–H groups in total. The highest BCUT2D eigenvalue weighted by Crippen LogP contribution is 2.27. The molecular weight excluding hydrogens is 282 g/mol. The Kier molecular flexibility index (Phi) is 2.94. The molecule has 66 valence electrons. The van der Waals surface area contributed by atoms with Crippen molar-refractivity contribution >= 4 is 31.9 Å². The molecule has 0 radical (unpaired) electrons. The van der Waals surface area contributed by atoms with Crippen LogP contribution in [0.2, 0.25) is 0 Å². The molecule has 1 rings (SSSR count). The van der Waals surface area contributed by atoms with Crippen molar-refractivity contribution in [3.8, 4) is 0 Å². The average molecular weight is 293 g/mol. The smallest absolute Gasteiger partial charge is 0.0501 e. The van der Waals surface area contributed by atoms with E-state index in [4.69, 9.17) is 0 Å². The first-order chi connectivity index (χ1) is 5.41. The van der Waals surface area contributed by atoms with E-state index >= 15 is 0 Å². The Morgan fingerprint density at radius 3 is 2.17 bits per heavy atom. The Bertz CT molecular complexity index is 289. The lowest BCUT2D eigenvalue weighted by molar-refractivity contribution is 0.568. The van der Waals surface area contributed by atoms with E-state index in [2.05, 4.69) is 57.6 Å². The lowest BCUT2D eigenvalue weighted by atomic mass is 9.92. The molecule has 0 fully saturated rings. The first-order valence-corrected chi connectivity index (χ1v) is 5.31. The third-order valence-electron chi connectivity index (χ3n) is 1.58. The molecule has 0 aliphatic heterocycles. The highest BCUT2D eigenvalue weighted by Gasteiger charge is 2.15. The van der Waals surface area contributed by atoms with E-state index in [9.17, 15) is 0 Å². The first kappa shape index (κ1) is 10.2. The molecule has 1 aromatic rings. The van der Waals surface area contributed by atoms with Gasteiger partial charge in [-0.15, -0.1) is 0 Å². The van der Waals surface area contributed by atoms with Gasteiger partial charge in [0.15, 0.2) is 0 Å². The van der Waals surface area contributed by atoms with Crippen molar-refractivity contribution in [1.82, 2.24) is 4.98 Å². The molecule has 0 bridgehead atoms. The molecule has 0 aromatic carbocycles. The van der Waals surface area contributed by atoms with Gasteiger partial charge in [-0.2, -0.15) is 0 Å². The lowest BCUT2D eigenvalue weighted by Gasteiger charge is -2.17. The van der Waals surface area contributed by atoms with Crippen molar-refractivity contribution in [2.24, 2.45) is 0 Å². The van der Waals surface area contributed by atoms with Crippen LogP contribution >= 0.6 is 31.9 Å². The summed E-state index contributed by atoms with van der Waals surface area (Å²) in [6.07, 6.45) is 1.82. The van der Waals surface area contributed by atoms with Gasteiger partial charge in [0.05, 0.1) is 4.47 Å². The van der Waals surface area contributed by atoms with E-state index in [-0.39, 0.29) is 5.41 Å². The van der Waals surface area contributed by atoms with Crippen molar-refractivity contribution in [2.45, 2.75) is 26.2 Å². The van der Waals surface area contributed by atoms with Crippen LogP contribution in [-0.4, -0.2) is 4.98 Å². The summed E-state index contributed by atoms with van der Waals surface area (Å²) in [5.41, 5.74) is 1.21. The van der Waals surface area contributed by atoms with E-state index in [1.54, 1.807) is 0 Å². The van der Waals surface area contributed by atoms with Gasteiger partial charge in [0.25, 0.3) is 0 Å². The summed E-state index contributed by atoms with van der Waals surface area (Å²) in [5, 5.41) is 0. The molecule has 0 amide bonds. The molecular formula is C9H11Br2N. The fraction of sp³-hybridized carbons (Fsp3) is 0.444. The Morgan fingerprint density at radius 2 is 1.75 bits per heavy atom. The summed E-state index contributed by atoms with van der Waals surface area (Å²) in [7, 11) is 0. The minimum Gasteiger partial charge on any atom is -0.259 e. The second-order valence-electron chi connectivity index (χ2n) is 3.73. The fourth-order valence-corrected chi connectivity index (χ4v) is 1.36. The molecule has 1 nitrogen and oxygen atoms in total. The van der Waals surface area contributed by atoms with Crippen molar-refractivity contribution < 1.29 is 0 Å². The standard InChI is InChI=1S/C9H11Br2N/c1-9(2,3)8-4-6(10)7(11)5-12-8/h4-5H,1-3H3. The number of hydrogen-bond donors (Lipinski definition) is 0. The van der Waals surface area contributed by atoms with Crippen LogP contribution in [0.3, 0.4) is 0 Å². The SMILES string of the molecule is CC(C)(C)c1cc(Br)c(Br)cn1. The molecule has 1 aromatic heterocycles. The van der Waals surface area contributed by atoms with Gasteiger partial charge in [-0.3, -0.25) is 4.98 Å². The van der Waals surface area contributed by atoms with Crippen LogP contribution in [-0.2, 0) is 5.41 Å². The molecule has 0 aliphatic carbocycles. The van der Waals surface area contributed by atoms with Gasteiger partial charge in [0.1, 0.15) is 0 Å². The van der Waals surface area contributed by atoms with Gasteiger partial charge < -0.3 is 0 Å². The fourth-order valence-electron chi connectivity index (χ4n) is 0.824. The third-order valence-corrected chi connectivity index (χ3v) is 3.40. The maximum absolute atomic E-state index is 4.33. The zero-order valence-corrected chi connectivity index (χ0v) is 10.5. The zero-order chi connectivity index (χ0) is 9.35. The number of aromatic nitrogens is 1. The maximum Gasteiger partial charge on any atom is 0.0501 e. The zero-order valence-electron chi connectivity index (χ0n) is 7.36. The molecule has 0 atom stereocenters. The minimum absolute atomic E-state index is 0.114. The van der Waals surface area contributed by atoms with Crippen LogP contribution < -0.4 is 0 Å². The van der Waals surface area contributed by atoms with Crippen LogP contribution in [0.1, 0.15) is 26.5 Å². The maximum atomic E-state index is 4.33. The molecule has 3 heteroatoms. The normalized spacial score (nSPS) is 11.8. The summed E-state index contributed by atoms with van der Waals surface area (Å²) in [4.78, 5) is 4.33. The Balaban J connectivity index is 3.14. The molecule has 0 saturated heterocycles. The highest BCUT2D eigenvalue weighted by atomic mass is 79.9. The third kappa shape index (κ3) is 2.30. The summed E-state index contributed by atoms with van der Waals surface area (Å²) in [6, 6.07) is 2.05. The van der Waals surface area contributed by atoms with Crippen molar-refractivity contribution in [3.05, 3.63) is 26.9 Å². The van der Waals surface area contributed by atoms with Gasteiger partial charge in [-0.1, -0.05) is 20.8 Å².